The first-order valence-electron chi connectivity index (χ1n) is 4.64. The summed E-state index contributed by atoms with van der Waals surface area (Å²) in [6, 6.07) is 0. The van der Waals surface area contributed by atoms with Gasteiger partial charge in [-0.25, -0.2) is 0 Å². The molecule has 0 saturated heterocycles. The maximum atomic E-state index is 11.3. The van der Waals surface area contributed by atoms with Gasteiger partial charge in [0, 0.05) is 6.54 Å². The Hall–Kier alpha value is -0.350. The van der Waals surface area contributed by atoms with E-state index < -0.39 is 4.32 Å². The van der Waals surface area contributed by atoms with Crippen LogP contribution in [-0.4, -0.2) is 30.0 Å². The zero-order chi connectivity index (χ0) is 11.0. The Morgan fingerprint density at radius 1 is 1.57 bits per heavy atom. The molecule has 0 aliphatic carbocycles. The summed E-state index contributed by atoms with van der Waals surface area (Å²) < 4.78 is 4.73. The topological polar surface area (TPSA) is 38.3 Å². The summed E-state index contributed by atoms with van der Waals surface area (Å²) in [5, 5.41) is 2.76. The second-order valence-electron chi connectivity index (χ2n) is 3.42. The van der Waals surface area contributed by atoms with Gasteiger partial charge in [0.2, 0.25) is 5.91 Å². The number of hydrogen-bond donors (Lipinski definition) is 1. The monoisotopic (exact) mass is 263 g/mol. The van der Waals surface area contributed by atoms with Crippen LogP contribution in [0.3, 0.4) is 0 Å². The van der Waals surface area contributed by atoms with Gasteiger partial charge in [0.15, 0.2) is 0 Å². The predicted molar refractivity (Wildman–Crippen MR) is 61.6 cm³/mol. The Morgan fingerprint density at radius 2 is 2.21 bits per heavy atom. The van der Waals surface area contributed by atoms with Crippen molar-refractivity contribution in [3.8, 4) is 0 Å². The Morgan fingerprint density at radius 3 is 2.71 bits per heavy atom. The highest BCUT2D eigenvalue weighted by Crippen LogP contribution is 2.14. The molecular weight excluding hydrogens is 246 g/mol. The van der Waals surface area contributed by atoms with E-state index in [4.69, 9.17) is 4.74 Å². The molecule has 0 heterocycles. The summed E-state index contributed by atoms with van der Waals surface area (Å²) in [5.41, 5.74) is 0. The molecule has 0 atom stereocenters. The largest absolute Gasteiger partial charge is 0.379 e. The van der Waals surface area contributed by atoms with Crippen LogP contribution in [0.5, 0.6) is 0 Å². The van der Waals surface area contributed by atoms with Gasteiger partial charge < -0.3 is 10.1 Å². The molecule has 82 valence electrons. The second-order valence-corrected chi connectivity index (χ2v) is 5.40. The van der Waals surface area contributed by atoms with Crippen molar-refractivity contribution in [2.24, 2.45) is 0 Å². The molecule has 3 nitrogen and oxygen atoms in total. The fourth-order valence-electron chi connectivity index (χ4n) is 0.716. The van der Waals surface area contributed by atoms with Gasteiger partial charge in [0.1, 0.15) is 0 Å². The molecule has 0 fully saturated rings. The maximum absolute atomic E-state index is 11.3. The van der Waals surface area contributed by atoms with E-state index in [0.717, 1.165) is 6.42 Å². The van der Waals surface area contributed by atoms with Crippen LogP contribution in [0.15, 0.2) is 12.7 Å². The van der Waals surface area contributed by atoms with Crippen molar-refractivity contribution in [3.63, 3.8) is 0 Å². The summed E-state index contributed by atoms with van der Waals surface area (Å²) in [6.07, 6.45) is 2.65. The van der Waals surface area contributed by atoms with Crippen molar-refractivity contribution in [2.75, 3.05) is 19.8 Å². The lowest BCUT2D eigenvalue weighted by molar-refractivity contribution is -0.122. The number of nitrogens with one attached hydrogen (secondary N) is 1. The number of carbonyl (C=O) groups excluding carboxylic acids is 1. The van der Waals surface area contributed by atoms with Gasteiger partial charge in [0.05, 0.1) is 17.5 Å². The van der Waals surface area contributed by atoms with Crippen molar-refractivity contribution in [1.82, 2.24) is 5.32 Å². The average molecular weight is 264 g/mol. The van der Waals surface area contributed by atoms with Crippen LogP contribution < -0.4 is 5.32 Å². The van der Waals surface area contributed by atoms with E-state index in [9.17, 15) is 4.79 Å². The normalized spacial score (nSPS) is 11.1. The van der Waals surface area contributed by atoms with Crippen LogP contribution >= 0.6 is 15.9 Å². The molecule has 0 saturated carbocycles. The third kappa shape index (κ3) is 7.09. The van der Waals surface area contributed by atoms with Gasteiger partial charge in [-0.15, -0.1) is 6.58 Å². The van der Waals surface area contributed by atoms with Gasteiger partial charge in [0.25, 0.3) is 0 Å². The molecule has 0 aromatic carbocycles. The lowest BCUT2D eigenvalue weighted by Gasteiger charge is -2.15. The van der Waals surface area contributed by atoms with Gasteiger partial charge in [-0.2, -0.15) is 0 Å². The Kier molecular flexibility index (Phi) is 6.83. The van der Waals surface area contributed by atoms with Crippen molar-refractivity contribution in [3.05, 3.63) is 12.7 Å². The summed E-state index contributed by atoms with van der Waals surface area (Å²) in [7, 11) is 0. The predicted octanol–water partition coefficient (Wildman–Crippen LogP) is 1.87. The highest BCUT2D eigenvalue weighted by Gasteiger charge is 2.22. The summed E-state index contributed by atoms with van der Waals surface area (Å²) in [4.78, 5) is 11.3. The molecule has 0 radical (unpaired) electrons. The van der Waals surface area contributed by atoms with E-state index in [1.165, 1.54) is 0 Å². The number of amides is 1. The third-order valence-corrected chi connectivity index (χ3v) is 1.90. The van der Waals surface area contributed by atoms with Crippen molar-refractivity contribution < 1.29 is 9.53 Å². The van der Waals surface area contributed by atoms with Crippen LogP contribution in [0.25, 0.3) is 0 Å². The molecule has 0 aliphatic heterocycles. The van der Waals surface area contributed by atoms with Crippen molar-refractivity contribution in [1.29, 1.82) is 0 Å². The third-order valence-electron chi connectivity index (χ3n) is 1.54. The zero-order valence-electron chi connectivity index (χ0n) is 8.81. The molecule has 0 aromatic heterocycles. The lowest BCUT2D eigenvalue weighted by atomic mass is 10.2. The first-order valence-corrected chi connectivity index (χ1v) is 5.43. The van der Waals surface area contributed by atoms with Crippen LogP contribution in [0, 0.1) is 0 Å². The van der Waals surface area contributed by atoms with Gasteiger partial charge in [-0.3, -0.25) is 4.79 Å². The smallest absolute Gasteiger partial charge is 0.236 e. The van der Waals surface area contributed by atoms with Crippen LogP contribution in [0.1, 0.15) is 20.3 Å². The van der Waals surface area contributed by atoms with Gasteiger partial charge in [-0.1, -0.05) is 22.0 Å². The van der Waals surface area contributed by atoms with Crippen molar-refractivity contribution >= 4 is 21.8 Å². The fraction of sp³-hybridized carbons (Fsp3) is 0.700. The first kappa shape index (κ1) is 13.7. The molecule has 0 aromatic rings. The van der Waals surface area contributed by atoms with E-state index in [1.54, 1.807) is 19.9 Å². The Balaban J connectivity index is 3.37. The van der Waals surface area contributed by atoms with Gasteiger partial charge in [-0.05, 0) is 20.3 Å². The molecule has 4 heteroatoms. The summed E-state index contributed by atoms with van der Waals surface area (Å²) in [6.45, 7) is 8.95. The molecule has 0 bridgehead atoms. The first-order chi connectivity index (χ1) is 6.48. The highest BCUT2D eigenvalue weighted by atomic mass is 79.9. The van der Waals surface area contributed by atoms with E-state index in [-0.39, 0.29) is 5.91 Å². The minimum absolute atomic E-state index is 0.0233. The molecule has 0 rings (SSSR count). The van der Waals surface area contributed by atoms with E-state index in [1.807, 2.05) is 0 Å². The summed E-state index contributed by atoms with van der Waals surface area (Å²) >= 11 is 3.27. The highest BCUT2D eigenvalue weighted by molar-refractivity contribution is 9.10. The maximum Gasteiger partial charge on any atom is 0.236 e. The zero-order valence-corrected chi connectivity index (χ0v) is 10.4. The van der Waals surface area contributed by atoms with Crippen molar-refractivity contribution in [2.45, 2.75) is 24.6 Å². The molecule has 0 unspecified atom stereocenters. The fourth-order valence-corrected chi connectivity index (χ4v) is 0.856. The quantitative estimate of drug-likeness (QED) is 0.433. The Bertz CT molecular complexity index is 187. The van der Waals surface area contributed by atoms with E-state index in [2.05, 4.69) is 27.8 Å². The van der Waals surface area contributed by atoms with Gasteiger partial charge >= 0.3 is 0 Å². The Labute approximate surface area is 94.0 Å². The molecule has 0 aliphatic rings. The number of carbonyl (C=O) groups is 1. The molecular formula is C10H18BrNO2. The number of ether oxygens (including phenoxy) is 1. The number of alkyl halides is 1. The minimum atomic E-state index is -0.506. The molecule has 1 N–H and O–H groups in total. The number of rotatable bonds is 7. The lowest BCUT2D eigenvalue weighted by Crippen LogP contribution is -2.39. The van der Waals surface area contributed by atoms with E-state index >= 15 is 0 Å². The molecule has 14 heavy (non-hydrogen) atoms. The standard InChI is InChI=1S/C10H18BrNO2/c1-4-5-7-14-8-6-12-9(13)10(2,3)11/h4H,1,5-8H2,2-3H3,(H,12,13). The van der Waals surface area contributed by atoms with Crippen LogP contribution in [0.2, 0.25) is 0 Å². The minimum Gasteiger partial charge on any atom is -0.379 e. The number of halogens is 1. The average Bonchev–Trinajstić information content (AvgIpc) is 2.09. The van der Waals surface area contributed by atoms with Crippen LogP contribution in [-0.2, 0) is 9.53 Å². The SMILES string of the molecule is C=CCCOCCNC(=O)C(C)(C)Br. The van der Waals surface area contributed by atoms with E-state index in [0.29, 0.717) is 19.8 Å². The molecule has 1 amide bonds. The second kappa shape index (κ2) is 7.01. The summed E-state index contributed by atoms with van der Waals surface area (Å²) in [5.74, 6) is -0.0233. The number of hydrogen-bond acceptors (Lipinski definition) is 2. The van der Waals surface area contributed by atoms with Crippen LogP contribution in [0.4, 0.5) is 0 Å². The molecule has 0 spiro atoms.